The van der Waals surface area contributed by atoms with Crippen LogP contribution in [0.25, 0.3) is 0 Å². The summed E-state index contributed by atoms with van der Waals surface area (Å²) in [6, 6.07) is 8.21. The smallest absolute Gasteiger partial charge is 0.335 e. The van der Waals surface area contributed by atoms with Crippen LogP contribution in [-0.4, -0.2) is 17.0 Å². The topological polar surface area (TPSA) is 66.4 Å². The average Bonchev–Trinajstić information content (AvgIpc) is 2.43. The van der Waals surface area contributed by atoms with Gasteiger partial charge >= 0.3 is 5.97 Å². The van der Waals surface area contributed by atoms with Crippen molar-refractivity contribution in [1.29, 1.82) is 0 Å². The number of halogens is 2. The van der Waals surface area contributed by atoms with Crippen molar-refractivity contribution in [3.63, 3.8) is 0 Å². The van der Waals surface area contributed by atoms with Gasteiger partial charge < -0.3 is 10.4 Å². The van der Waals surface area contributed by atoms with Gasteiger partial charge in [-0.2, -0.15) is 0 Å². The molecule has 0 saturated carbocycles. The number of carbonyl (C=O) groups is 2. The van der Waals surface area contributed by atoms with E-state index in [4.69, 9.17) is 5.11 Å². The van der Waals surface area contributed by atoms with Crippen LogP contribution in [0.3, 0.4) is 0 Å². The highest BCUT2D eigenvalue weighted by Crippen LogP contribution is 2.14. The molecule has 0 bridgehead atoms. The summed E-state index contributed by atoms with van der Waals surface area (Å²) >= 11 is 0. The number of hydrogen-bond donors (Lipinski definition) is 2. The molecule has 0 fully saturated rings. The van der Waals surface area contributed by atoms with E-state index in [0.717, 1.165) is 12.1 Å². The third-order valence-electron chi connectivity index (χ3n) is 2.57. The van der Waals surface area contributed by atoms with E-state index in [1.165, 1.54) is 30.3 Å². The third-order valence-corrected chi connectivity index (χ3v) is 2.57. The molecule has 6 heteroatoms. The Morgan fingerprint density at radius 2 is 1.50 bits per heavy atom. The average molecular weight is 277 g/mol. The Bertz CT molecular complexity index is 669. The second-order valence-corrected chi connectivity index (χ2v) is 3.97. The summed E-state index contributed by atoms with van der Waals surface area (Å²) in [7, 11) is 0. The lowest BCUT2D eigenvalue weighted by Gasteiger charge is -2.06. The first kappa shape index (κ1) is 13.7. The van der Waals surface area contributed by atoms with E-state index in [-0.39, 0.29) is 16.8 Å². The second-order valence-electron chi connectivity index (χ2n) is 3.97. The maximum absolute atomic E-state index is 13.0. The van der Waals surface area contributed by atoms with Crippen molar-refractivity contribution in [2.24, 2.45) is 0 Å². The number of rotatable bonds is 3. The number of amides is 1. The number of anilines is 1. The van der Waals surface area contributed by atoms with Crippen LogP contribution in [0, 0.1) is 11.6 Å². The Balaban J connectivity index is 2.15. The molecule has 20 heavy (non-hydrogen) atoms. The minimum Gasteiger partial charge on any atom is -0.478 e. The lowest BCUT2D eigenvalue weighted by Crippen LogP contribution is -2.12. The molecule has 1 amide bonds. The molecule has 2 N–H and O–H groups in total. The molecule has 2 aromatic rings. The Morgan fingerprint density at radius 3 is 2.05 bits per heavy atom. The molecular weight excluding hydrogens is 268 g/mol. The van der Waals surface area contributed by atoms with Crippen molar-refractivity contribution in [2.45, 2.75) is 0 Å². The standard InChI is InChI=1S/C14H9F2NO3/c15-11-6-5-10(7-12(11)16)17-13(18)8-1-3-9(4-2-8)14(19)20/h1-7H,(H,17,18)(H,19,20). The van der Waals surface area contributed by atoms with E-state index in [1.807, 2.05) is 0 Å². The van der Waals surface area contributed by atoms with Gasteiger partial charge in [-0.15, -0.1) is 0 Å². The zero-order chi connectivity index (χ0) is 14.7. The molecule has 0 saturated heterocycles. The molecule has 102 valence electrons. The van der Waals surface area contributed by atoms with Crippen LogP contribution in [-0.2, 0) is 0 Å². The fourth-order valence-electron chi connectivity index (χ4n) is 1.54. The number of carboxylic acid groups (broad SMARTS) is 1. The van der Waals surface area contributed by atoms with Crippen LogP contribution in [0.5, 0.6) is 0 Å². The molecule has 2 aromatic carbocycles. The Morgan fingerprint density at radius 1 is 0.900 bits per heavy atom. The van der Waals surface area contributed by atoms with Gasteiger partial charge in [-0.1, -0.05) is 0 Å². The molecule has 0 radical (unpaired) electrons. The van der Waals surface area contributed by atoms with Gasteiger partial charge in [0.05, 0.1) is 5.56 Å². The number of carbonyl (C=O) groups excluding carboxylic acids is 1. The van der Waals surface area contributed by atoms with Crippen LogP contribution >= 0.6 is 0 Å². The van der Waals surface area contributed by atoms with Crippen molar-refractivity contribution in [1.82, 2.24) is 0 Å². The molecule has 4 nitrogen and oxygen atoms in total. The number of nitrogens with one attached hydrogen (secondary N) is 1. The number of hydrogen-bond acceptors (Lipinski definition) is 2. The predicted molar refractivity (Wildman–Crippen MR) is 67.7 cm³/mol. The second kappa shape index (κ2) is 5.48. The molecule has 2 rings (SSSR count). The van der Waals surface area contributed by atoms with Crippen molar-refractivity contribution in [3.8, 4) is 0 Å². The summed E-state index contributed by atoms with van der Waals surface area (Å²) < 4.78 is 25.7. The van der Waals surface area contributed by atoms with E-state index in [1.54, 1.807) is 0 Å². The number of benzene rings is 2. The maximum Gasteiger partial charge on any atom is 0.335 e. The molecule has 0 aliphatic heterocycles. The van der Waals surface area contributed by atoms with Crippen molar-refractivity contribution in [2.75, 3.05) is 5.32 Å². The molecular formula is C14H9F2NO3. The zero-order valence-corrected chi connectivity index (χ0v) is 10.1. The summed E-state index contributed by atoms with van der Waals surface area (Å²) in [4.78, 5) is 22.5. The first-order chi connectivity index (χ1) is 9.47. The lowest BCUT2D eigenvalue weighted by atomic mass is 10.1. The van der Waals surface area contributed by atoms with Crippen LogP contribution in [0.4, 0.5) is 14.5 Å². The van der Waals surface area contributed by atoms with E-state index in [2.05, 4.69) is 5.32 Å². The molecule has 0 unspecified atom stereocenters. The molecule has 0 spiro atoms. The molecule has 0 aliphatic carbocycles. The summed E-state index contributed by atoms with van der Waals surface area (Å²) in [5, 5.41) is 11.1. The molecule has 0 aromatic heterocycles. The monoisotopic (exact) mass is 277 g/mol. The fourth-order valence-corrected chi connectivity index (χ4v) is 1.54. The Hall–Kier alpha value is -2.76. The minimum atomic E-state index is -1.10. The van der Waals surface area contributed by atoms with E-state index >= 15 is 0 Å². The maximum atomic E-state index is 13.0. The van der Waals surface area contributed by atoms with Gasteiger partial charge in [0.1, 0.15) is 0 Å². The van der Waals surface area contributed by atoms with Crippen molar-refractivity contribution >= 4 is 17.6 Å². The first-order valence-corrected chi connectivity index (χ1v) is 5.57. The van der Waals surface area contributed by atoms with Gasteiger partial charge in [-0.25, -0.2) is 13.6 Å². The largest absolute Gasteiger partial charge is 0.478 e. The quantitative estimate of drug-likeness (QED) is 0.906. The van der Waals surface area contributed by atoms with Gasteiger partial charge in [-0.05, 0) is 36.4 Å². The van der Waals surface area contributed by atoms with Gasteiger partial charge in [0.25, 0.3) is 5.91 Å². The SMILES string of the molecule is O=C(O)c1ccc(C(=O)Nc2ccc(F)c(F)c2)cc1. The van der Waals surface area contributed by atoms with Crippen LogP contribution < -0.4 is 5.32 Å². The third kappa shape index (κ3) is 2.97. The summed E-state index contributed by atoms with van der Waals surface area (Å²) in [5.74, 6) is -3.72. The van der Waals surface area contributed by atoms with Gasteiger partial charge in [-0.3, -0.25) is 4.79 Å². The highest BCUT2D eigenvalue weighted by molar-refractivity contribution is 6.04. The van der Waals surface area contributed by atoms with Crippen LogP contribution in [0.1, 0.15) is 20.7 Å². The molecule has 0 aliphatic rings. The van der Waals surface area contributed by atoms with E-state index in [0.29, 0.717) is 0 Å². The normalized spacial score (nSPS) is 10.1. The van der Waals surface area contributed by atoms with Crippen LogP contribution in [0.15, 0.2) is 42.5 Å². The van der Waals surface area contributed by atoms with Crippen LogP contribution in [0.2, 0.25) is 0 Å². The highest BCUT2D eigenvalue weighted by atomic mass is 19.2. The predicted octanol–water partition coefficient (Wildman–Crippen LogP) is 2.92. The summed E-state index contributed by atoms with van der Waals surface area (Å²) in [6.07, 6.45) is 0. The zero-order valence-electron chi connectivity index (χ0n) is 10.1. The molecule has 0 atom stereocenters. The summed E-state index contributed by atoms with van der Waals surface area (Å²) in [6.45, 7) is 0. The Labute approximate surface area is 112 Å². The number of aromatic carboxylic acids is 1. The summed E-state index contributed by atoms with van der Waals surface area (Å²) in [5.41, 5.74) is 0.366. The van der Waals surface area contributed by atoms with Crippen molar-refractivity contribution in [3.05, 3.63) is 65.2 Å². The minimum absolute atomic E-state index is 0.0503. The fraction of sp³-hybridized carbons (Fsp3) is 0. The van der Waals surface area contributed by atoms with Gasteiger partial charge in [0.2, 0.25) is 0 Å². The first-order valence-electron chi connectivity index (χ1n) is 5.57. The Kier molecular flexibility index (Phi) is 3.74. The lowest BCUT2D eigenvalue weighted by molar-refractivity contribution is 0.0696. The van der Waals surface area contributed by atoms with Gasteiger partial charge in [0, 0.05) is 17.3 Å². The molecule has 0 heterocycles. The van der Waals surface area contributed by atoms with Gasteiger partial charge in [0.15, 0.2) is 11.6 Å². The van der Waals surface area contributed by atoms with E-state index in [9.17, 15) is 18.4 Å². The number of carboxylic acids is 1. The highest BCUT2D eigenvalue weighted by Gasteiger charge is 2.09. The van der Waals surface area contributed by atoms with Crippen molar-refractivity contribution < 1.29 is 23.5 Å². The van der Waals surface area contributed by atoms with E-state index < -0.39 is 23.5 Å².